The van der Waals surface area contributed by atoms with Gasteiger partial charge >= 0.3 is 11.9 Å². The maximum atomic E-state index is 12.6. The van der Waals surface area contributed by atoms with E-state index in [1.807, 2.05) is 0 Å². The molecule has 0 aromatic carbocycles. The minimum Gasteiger partial charge on any atom is -0.481 e. The minimum absolute atomic E-state index is 0.0173. The van der Waals surface area contributed by atoms with Crippen LogP contribution in [0.5, 0.6) is 0 Å². The SMILES string of the molecule is CC/C=C\C/C=C\C/C=C\C/C=C\CCC(CCCCCCCC(=O)O)OC(=O)CCCCCCCCCCCCC. The van der Waals surface area contributed by atoms with Crippen LogP contribution in [0.2, 0.25) is 0 Å². The molecule has 0 saturated heterocycles. The van der Waals surface area contributed by atoms with E-state index < -0.39 is 5.97 Å². The Morgan fingerprint density at radius 1 is 0.548 bits per heavy atom. The topological polar surface area (TPSA) is 63.6 Å². The molecule has 0 spiro atoms. The quantitative estimate of drug-likeness (QED) is 0.0498. The number of hydrogen-bond donors (Lipinski definition) is 1. The van der Waals surface area contributed by atoms with E-state index in [9.17, 15) is 9.59 Å². The molecule has 1 atom stereocenters. The van der Waals surface area contributed by atoms with Gasteiger partial charge in [0.05, 0.1) is 0 Å². The highest BCUT2D eigenvalue weighted by Gasteiger charge is 2.13. The minimum atomic E-state index is -0.712. The highest BCUT2D eigenvalue weighted by molar-refractivity contribution is 5.69. The summed E-state index contributed by atoms with van der Waals surface area (Å²) in [6.07, 6.45) is 44.0. The zero-order chi connectivity index (χ0) is 30.8. The van der Waals surface area contributed by atoms with Gasteiger partial charge in [-0.25, -0.2) is 0 Å². The summed E-state index contributed by atoms with van der Waals surface area (Å²) in [6, 6.07) is 0. The van der Waals surface area contributed by atoms with Crippen molar-refractivity contribution < 1.29 is 19.4 Å². The molecule has 0 heterocycles. The van der Waals surface area contributed by atoms with Crippen molar-refractivity contribution in [2.45, 2.75) is 180 Å². The van der Waals surface area contributed by atoms with Crippen LogP contribution in [0.1, 0.15) is 174 Å². The van der Waals surface area contributed by atoms with Crippen LogP contribution in [0.3, 0.4) is 0 Å². The third-order valence-electron chi connectivity index (χ3n) is 7.57. The number of hydrogen-bond acceptors (Lipinski definition) is 3. The summed E-state index contributed by atoms with van der Waals surface area (Å²) in [5, 5.41) is 8.79. The molecular weight excluding hydrogens is 520 g/mol. The molecule has 242 valence electrons. The second kappa shape index (κ2) is 33.4. The molecule has 0 aromatic rings. The Balaban J connectivity index is 4.23. The monoisotopic (exact) mass is 586 g/mol. The Hall–Kier alpha value is -2.10. The predicted octanol–water partition coefficient (Wildman–Crippen LogP) is 12.0. The van der Waals surface area contributed by atoms with Crippen LogP contribution in [0.25, 0.3) is 0 Å². The highest BCUT2D eigenvalue weighted by atomic mass is 16.5. The largest absolute Gasteiger partial charge is 0.481 e. The molecule has 4 nitrogen and oxygen atoms in total. The number of rotatable bonds is 31. The number of unbranched alkanes of at least 4 members (excludes halogenated alkanes) is 14. The van der Waals surface area contributed by atoms with Gasteiger partial charge in [-0.15, -0.1) is 0 Å². The maximum absolute atomic E-state index is 12.6. The van der Waals surface area contributed by atoms with Gasteiger partial charge in [0, 0.05) is 12.8 Å². The van der Waals surface area contributed by atoms with E-state index in [0.29, 0.717) is 6.42 Å². The second-order valence-corrected chi connectivity index (χ2v) is 11.7. The van der Waals surface area contributed by atoms with Crippen molar-refractivity contribution in [3.8, 4) is 0 Å². The van der Waals surface area contributed by atoms with Gasteiger partial charge in [-0.2, -0.15) is 0 Å². The fraction of sp³-hybridized carbons (Fsp3) is 0.737. The van der Waals surface area contributed by atoms with E-state index >= 15 is 0 Å². The number of carbonyl (C=O) groups is 2. The normalized spacial score (nSPS) is 12.8. The van der Waals surface area contributed by atoms with E-state index in [2.05, 4.69) is 62.5 Å². The van der Waals surface area contributed by atoms with Gasteiger partial charge in [-0.05, 0) is 64.2 Å². The van der Waals surface area contributed by atoms with Crippen molar-refractivity contribution in [2.75, 3.05) is 0 Å². The number of allylic oxidation sites excluding steroid dienone is 8. The molecule has 0 radical (unpaired) electrons. The Bertz CT molecular complexity index is 719. The average Bonchev–Trinajstić information content (AvgIpc) is 2.97. The fourth-order valence-corrected chi connectivity index (χ4v) is 5.00. The molecule has 0 aliphatic heterocycles. The third kappa shape index (κ3) is 32.4. The molecule has 0 amide bonds. The zero-order valence-corrected chi connectivity index (χ0v) is 27.5. The van der Waals surface area contributed by atoms with Crippen LogP contribution in [-0.4, -0.2) is 23.1 Å². The molecular formula is C38H66O4. The molecule has 1 unspecified atom stereocenters. The van der Waals surface area contributed by atoms with Crippen LogP contribution in [-0.2, 0) is 14.3 Å². The summed E-state index contributed by atoms with van der Waals surface area (Å²) in [7, 11) is 0. The van der Waals surface area contributed by atoms with E-state index in [-0.39, 0.29) is 18.5 Å². The standard InChI is InChI=1S/C38H66O4/c1-3-5-7-9-11-13-15-16-18-19-21-24-28-32-36(33-29-25-23-26-30-34-37(39)40)42-38(41)35-31-27-22-20-17-14-12-10-8-6-4-2/h5,7,11,13,16,18,21,24,36H,3-4,6,8-10,12,14-15,17,19-20,22-23,25-35H2,1-2H3,(H,39,40)/b7-5-,13-11-,18-16-,24-21-. The number of carboxylic acids is 1. The van der Waals surface area contributed by atoms with Gasteiger partial charge < -0.3 is 9.84 Å². The first kappa shape index (κ1) is 39.9. The smallest absolute Gasteiger partial charge is 0.306 e. The molecule has 0 saturated carbocycles. The molecule has 1 N–H and O–H groups in total. The van der Waals surface area contributed by atoms with Crippen LogP contribution in [0, 0.1) is 0 Å². The summed E-state index contributed by atoms with van der Waals surface area (Å²) in [6.45, 7) is 4.41. The van der Waals surface area contributed by atoms with Crippen molar-refractivity contribution in [2.24, 2.45) is 0 Å². The molecule has 42 heavy (non-hydrogen) atoms. The number of esters is 1. The number of carbonyl (C=O) groups excluding carboxylic acids is 1. The Morgan fingerprint density at radius 3 is 1.52 bits per heavy atom. The van der Waals surface area contributed by atoms with Crippen molar-refractivity contribution in [3.63, 3.8) is 0 Å². The first-order valence-electron chi connectivity index (χ1n) is 17.6. The van der Waals surface area contributed by atoms with Gasteiger partial charge in [0.15, 0.2) is 0 Å². The Labute approximate surface area is 260 Å². The van der Waals surface area contributed by atoms with Crippen LogP contribution in [0.4, 0.5) is 0 Å². The molecule has 0 aliphatic rings. The first-order chi connectivity index (χ1) is 20.6. The summed E-state index contributed by atoms with van der Waals surface area (Å²) in [5.41, 5.74) is 0. The lowest BCUT2D eigenvalue weighted by Gasteiger charge is -2.17. The predicted molar refractivity (Wildman–Crippen MR) is 181 cm³/mol. The van der Waals surface area contributed by atoms with Crippen LogP contribution < -0.4 is 0 Å². The van der Waals surface area contributed by atoms with Crippen molar-refractivity contribution in [1.29, 1.82) is 0 Å². The lowest BCUT2D eigenvalue weighted by molar-refractivity contribution is -0.150. The number of ether oxygens (including phenoxy) is 1. The molecule has 0 aliphatic carbocycles. The first-order valence-corrected chi connectivity index (χ1v) is 17.6. The fourth-order valence-electron chi connectivity index (χ4n) is 5.00. The average molecular weight is 587 g/mol. The van der Waals surface area contributed by atoms with Gasteiger partial charge in [0.2, 0.25) is 0 Å². The Kier molecular flexibility index (Phi) is 31.7. The van der Waals surface area contributed by atoms with Gasteiger partial charge in [0.25, 0.3) is 0 Å². The summed E-state index contributed by atoms with van der Waals surface area (Å²) in [5.74, 6) is -0.752. The molecule has 0 aromatic heterocycles. The van der Waals surface area contributed by atoms with E-state index in [1.54, 1.807) is 0 Å². The number of aliphatic carboxylic acids is 1. The van der Waals surface area contributed by atoms with Crippen LogP contribution in [0.15, 0.2) is 48.6 Å². The van der Waals surface area contributed by atoms with Crippen molar-refractivity contribution in [3.05, 3.63) is 48.6 Å². The van der Waals surface area contributed by atoms with Crippen LogP contribution >= 0.6 is 0 Å². The van der Waals surface area contributed by atoms with Gasteiger partial charge in [-0.1, -0.05) is 146 Å². The Morgan fingerprint density at radius 2 is 1.00 bits per heavy atom. The lowest BCUT2D eigenvalue weighted by Crippen LogP contribution is -2.18. The maximum Gasteiger partial charge on any atom is 0.306 e. The number of carboxylic acid groups (broad SMARTS) is 1. The van der Waals surface area contributed by atoms with E-state index in [0.717, 1.165) is 89.9 Å². The molecule has 4 heteroatoms. The summed E-state index contributed by atoms with van der Waals surface area (Å²) < 4.78 is 5.93. The van der Waals surface area contributed by atoms with E-state index in [4.69, 9.17) is 9.84 Å². The summed E-state index contributed by atoms with van der Waals surface area (Å²) >= 11 is 0. The van der Waals surface area contributed by atoms with Gasteiger partial charge in [-0.3, -0.25) is 9.59 Å². The van der Waals surface area contributed by atoms with Crippen molar-refractivity contribution in [1.82, 2.24) is 0 Å². The summed E-state index contributed by atoms with van der Waals surface area (Å²) in [4.78, 5) is 23.2. The highest BCUT2D eigenvalue weighted by Crippen LogP contribution is 2.17. The van der Waals surface area contributed by atoms with E-state index in [1.165, 1.54) is 57.8 Å². The molecule has 0 rings (SSSR count). The van der Waals surface area contributed by atoms with Gasteiger partial charge in [0.1, 0.15) is 6.10 Å². The van der Waals surface area contributed by atoms with Crippen molar-refractivity contribution >= 4 is 11.9 Å². The zero-order valence-electron chi connectivity index (χ0n) is 27.5. The molecule has 0 bridgehead atoms. The third-order valence-corrected chi connectivity index (χ3v) is 7.57. The lowest BCUT2D eigenvalue weighted by atomic mass is 10.0. The second-order valence-electron chi connectivity index (χ2n) is 11.7. The molecule has 0 fully saturated rings.